The van der Waals surface area contributed by atoms with E-state index in [0.29, 0.717) is 43.0 Å². The largest absolute Gasteiger partial charge is 0.366 e. The normalized spacial score (nSPS) is 14.0. The molecule has 0 radical (unpaired) electrons. The highest BCUT2D eigenvalue weighted by molar-refractivity contribution is 7.13. The molecule has 0 bridgehead atoms. The molecule has 0 unspecified atom stereocenters. The summed E-state index contributed by atoms with van der Waals surface area (Å²) in [4.78, 5) is 34.5. The average Bonchev–Trinajstić information content (AvgIpc) is 3.38. The fourth-order valence-electron chi connectivity index (χ4n) is 4.21. The highest BCUT2D eigenvalue weighted by Gasteiger charge is 2.26. The van der Waals surface area contributed by atoms with Crippen LogP contribution in [0, 0.1) is 5.82 Å². The summed E-state index contributed by atoms with van der Waals surface area (Å²) in [6, 6.07) is 18.1. The lowest BCUT2D eigenvalue weighted by Gasteiger charge is -2.36. The van der Waals surface area contributed by atoms with E-state index in [0.717, 1.165) is 21.5 Å². The number of carbonyl (C=O) groups excluding carboxylic acids is 2. The molecule has 33 heavy (non-hydrogen) atoms. The maximum absolute atomic E-state index is 14.6. The number of halogens is 1. The van der Waals surface area contributed by atoms with Crippen LogP contribution in [-0.2, 0) is 0 Å². The summed E-state index contributed by atoms with van der Waals surface area (Å²) in [6.45, 7) is 3.42. The lowest BCUT2D eigenvalue weighted by Crippen LogP contribution is -2.49. The second-order valence-corrected chi connectivity index (χ2v) is 9.00. The minimum Gasteiger partial charge on any atom is -0.366 e. The first-order valence-electron chi connectivity index (χ1n) is 10.8. The number of rotatable bonds is 4. The van der Waals surface area contributed by atoms with Gasteiger partial charge in [0.15, 0.2) is 5.78 Å². The molecule has 0 atom stereocenters. The number of para-hydroxylation sites is 1. The fourth-order valence-corrected chi connectivity index (χ4v) is 4.89. The SMILES string of the molecule is CC(=O)c1ccc(N2CCN(C(=O)c3cc(-c4cccs4)nc4ccccc34)CC2)c(F)c1. The van der Waals surface area contributed by atoms with Crippen LogP contribution in [0.15, 0.2) is 66.0 Å². The molecule has 0 spiro atoms. The number of thiophene rings is 1. The molecule has 2 aromatic heterocycles. The van der Waals surface area contributed by atoms with Gasteiger partial charge >= 0.3 is 0 Å². The van der Waals surface area contributed by atoms with Crippen molar-refractivity contribution in [3.05, 3.63) is 83.0 Å². The van der Waals surface area contributed by atoms with E-state index in [4.69, 9.17) is 4.98 Å². The van der Waals surface area contributed by atoms with Crippen molar-refractivity contribution in [2.24, 2.45) is 0 Å². The number of benzene rings is 2. The molecule has 5 rings (SSSR count). The summed E-state index contributed by atoms with van der Waals surface area (Å²) in [5.41, 5.74) is 3.03. The summed E-state index contributed by atoms with van der Waals surface area (Å²) in [6.07, 6.45) is 0. The summed E-state index contributed by atoms with van der Waals surface area (Å²) < 4.78 is 14.6. The van der Waals surface area contributed by atoms with E-state index in [9.17, 15) is 14.0 Å². The number of carbonyl (C=O) groups is 2. The third-order valence-corrected chi connectivity index (χ3v) is 6.87. The highest BCUT2D eigenvalue weighted by atomic mass is 32.1. The minimum atomic E-state index is -0.414. The van der Waals surface area contributed by atoms with E-state index in [2.05, 4.69) is 0 Å². The zero-order valence-electron chi connectivity index (χ0n) is 18.1. The molecule has 1 saturated heterocycles. The molecule has 1 fully saturated rings. The summed E-state index contributed by atoms with van der Waals surface area (Å²) in [7, 11) is 0. The van der Waals surface area contributed by atoms with Crippen LogP contribution in [0.4, 0.5) is 10.1 Å². The average molecular weight is 460 g/mol. The van der Waals surface area contributed by atoms with Crippen molar-refractivity contribution in [3.63, 3.8) is 0 Å². The van der Waals surface area contributed by atoms with Crippen LogP contribution >= 0.6 is 11.3 Å². The summed E-state index contributed by atoms with van der Waals surface area (Å²) >= 11 is 1.59. The molecule has 5 nitrogen and oxygen atoms in total. The highest BCUT2D eigenvalue weighted by Crippen LogP contribution is 2.29. The Morgan fingerprint density at radius 1 is 0.970 bits per heavy atom. The number of piperazine rings is 1. The third kappa shape index (κ3) is 4.12. The molecule has 2 aromatic carbocycles. The van der Waals surface area contributed by atoms with Crippen LogP contribution in [0.25, 0.3) is 21.5 Å². The Labute approximate surface area is 195 Å². The van der Waals surface area contributed by atoms with E-state index in [1.807, 2.05) is 57.6 Å². The van der Waals surface area contributed by atoms with Gasteiger partial charge in [0.25, 0.3) is 5.91 Å². The quantitative estimate of drug-likeness (QED) is 0.390. The standard InChI is InChI=1S/C26H22FN3O2S/c1-17(31)18-8-9-24(21(27)15-18)29-10-12-30(13-11-29)26(32)20-16-23(25-7-4-14-33-25)28-22-6-3-2-5-19(20)22/h2-9,14-16H,10-13H2,1H3. The van der Waals surface area contributed by atoms with Crippen LogP contribution in [0.3, 0.4) is 0 Å². The zero-order chi connectivity index (χ0) is 22.9. The van der Waals surface area contributed by atoms with Crippen molar-refractivity contribution in [3.8, 4) is 10.6 Å². The molecule has 1 amide bonds. The molecule has 0 aliphatic carbocycles. The van der Waals surface area contributed by atoms with Crippen molar-refractivity contribution in [1.29, 1.82) is 0 Å². The van der Waals surface area contributed by atoms with Gasteiger partial charge in [0.1, 0.15) is 5.82 Å². The van der Waals surface area contributed by atoms with Gasteiger partial charge in [0.05, 0.1) is 27.3 Å². The summed E-state index contributed by atoms with van der Waals surface area (Å²) in [5, 5.41) is 2.82. The predicted octanol–water partition coefficient (Wildman–Crippen LogP) is 5.27. The Morgan fingerprint density at radius 3 is 2.45 bits per heavy atom. The maximum atomic E-state index is 14.6. The molecule has 0 saturated carbocycles. The molecule has 7 heteroatoms. The molecule has 1 aliphatic heterocycles. The van der Waals surface area contributed by atoms with Crippen LogP contribution in [0.2, 0.25) is 0 Å². The van der Waals surface area contributed by atoms with Crippen molar-refractivity contribution in [1.82, 2.24) is 9.88 Å². The number of amides is 1. The number of nitrogens with zero attached hydrogens (tertiary/aromatic N) is 3. The number of ketones is 1. The molecule has 3 heterocycles. The topological polar surface area (TPSA) is 53.5 Å². The second kappa shape index (κ2) is 8.75. The Balaban J connectivity index is 1.39. The van der Waals surface area contributed by atoms with Gasteiger partial charge in [-0.3, -0.25) is 9.59 Å². The first kappa shape index (κ1) is 21.3. The molecule has 1 aliphatic rings. The molecular formula is C26H22FN3O2S. The van der Waals surface area contributed by atoms with Crippen molar-refractivity contribution in [2.75, 3.05) is 31.1 Å². The Bertz CT molecular complexity index is 1350. The Hall–Kier alpha value is -3.58. The Morgan fingerprint density at radius 2 is 1.76 bits per heavy atom. The number of fused-ring (bicyclic) bond motifs is 1. The lowest BCUT2D eigenvalue weighted by atomic mass is 10.0. The number of aromatic nitrogens is 1. The fraction of sp³-hybridized carbons (Fsp3) is 0.192. The number of Topliss-reactive ketones (excluding diaryl/α,β-unsaturated/α-hetero) is 1. The van der Waals surface area contributed by atoms with Crippen molar-refractivity contribution < 1.29 is 14.0 Å². The number of hydrogen-bond acceptors (Lipinski definition) is 5. The van der Waals surface area contributed by atoms with Gasteiger partial charge in [-0.1, -0.05) is 24.3 Å². The van der Waals surface area contributed by atoms with E-state index in [1.54, 1.807) is 23.5 Å². The van der Waals surface area contributed by atoms with Gasteiger partial charge in [-0.2, -0.15) is 0 Å². The molecule has 0 N–H and O–H groups in total. The smallest absolute Gasteiger partial charge is 0.254 e. The molecule has 4 aromatic rings. The van der Waals surface area contributed by atoms with Gasteiger partial charge in [0, 0.05) is 37.1 Å². The predicted molar refractivity (Wildman–Crippen MR) is 130 cm³/mol. The van der Waals surface area contributed by atoms with Gasteiger partial charge in [0.2, 0.25) is 0 Å². The van der Waals surface area contributed by atoms with Crippen LogP contribution < -0.4 is 4.90 Å². The van der Waals surface area contributed by atoms with E-state index in [-0.39, 0.29) is 11.7 Å². The van der Waals surface area contributed by atoms with Crippen molar-refractivity contribution >= 4 is 39.6 Å². The van der Waals surface area contributed by atoms with Crippen LogP contribution in [-0.4, -0.2) is 47.8 Å². The first-order chi connectivity index (χ1) is 16.0. The third-order valence-electron chi connectivity index (χ3n) is 5.98. The summed E-state index contributed by atoms with van der Waals surface area (Å²) in [5.74, 6) is -0.621. The monoisotopic (exact) mass is 459 g/mol. The Kier molecular flexibility index (Phi) is 5.64. The zero-order valence-corrected chi connectivity index (χ0v) is 18.9. The van der Waals surface area contributed by atoms with Gasteiger partial charge < -0.3 is 9.80 Å². The van der Waals surface area contributed by atoms with Gasteiger partial charge in [-0.25, -0.2) is 9.37 Å². The van der Waals surface area contributed by atoms with Crippen LogP contribution in [0.1, 0.15) is 27.6 Å². The van der Waals surface area contributed by atoms with Crippen molar-refractivity contribution in [2.45, 2.75) is 6.92 Å². The van der Waals surface area contributed by atoms with Crippen LogP contribution in [0.5, 0.6) is 0 Å². The molecule has 166 valence electrons. The number of hydrogen-bond donors (Lipinski definition) is 0. The second-order valence-electron chi connectivity index (χ2n) is 8.05. The number of anilines is 1. The van der Waals surface area contributed by atoms with E-state index < -0.39 is 5.82 Å². The lowest BCUT2D eigenvalue weighted by molar-refractivity contribution is 0.0748. The van der Waals surface area contributed by atoms with Gasteiger partial charge in [-0.05, 0) is 48.7 Å². The van der Waals surface area contributed by atoms with E-state index in [1.165, 1.54) is 13.0 Å². The van der Waals surface area contributed by atoms with Gasteiger partial charge in [-0.15, -0.1) is 11.3 Å². The minimum absolute atomic E-state index is 0.0431. The number of pyridine rings is 1. The van der Waals surface area contributed by atoms with E-state index >= 15 is 0 Å². The first-order valence-corrected chi connectivity index (χ1v) is 11.7. The maximum Gasteiger partial charge on any atom is 0.254 e. The molecular weight excluding hydrogens is 437 g/mol.